The zero-order chi connectivity index (χ0) is 11.7. The number of halogens is 1. The summed E-state index contributed by atoms with van der Waals surface area (Å²) >= 11 is 0. The Morgan fingerprint density at radius 1 is 1.56 bits per heavy atom. The maximum absolute atomic E-state index is 13.0. The molecule has 1 saturated heterocycles. The van der Waals surface area contributed by atoms with Crippen LogP contribution >= 0.6 is 0 Å². The molecule has 0 aromatic carbocycles. The van der Waals surface area contributed by atoms with Crippen LogP contribution in [0.2, 0.25) is 0 Å². The third-order valence-corrected chi connectivity index (χ3v) is 2.52. The van der Waals surface area contributed by atoms with Crippen molar-refractivity contribution in [3.63, 3.8) is 0 Å². The first-order valence-corrected chi connectivity index (χ1v) is 4.89. The van der Waals surface area contributed by atoms with E-state index in [4.69, 9.17) is 9.84 Å². The minimum Gasteiger partial charge on any atom is -0.394 e. The van der Waals surface area contributed by atoms with Gasteiger partial charge in [-0.25, -0.2) is 4.79 Å². The molecule has 1 aliphatic heterocycles. The molecule has 0 spiro atoms. The van der Waals surface area contributed by atoms with Crippen molar-refractivity contribution >= 4 is 0 Å². The number of aliphatic hydroxyl groups excluding tert-OH is 1. The summed E-state index contributed by atoms with van der Waals surface area (Å²) in [5, 5.41) is 8.85. The zero-order valence-corrected chi connectivity index (χ0v) is 8.35. The average Bonchev–Trinajstić information content (AvgIpc) is 2.71. The monoisotopic (exact) mass is 230 g/mol. The van der Waals surface area contributed by atoms with Crippen molar-refractivity contribution in [1.29, 1.82) is 0 Å². The smallest absolute Gasteiger partial charge is 0.330 e. The normalized spacial score (nSPS) is 24.9. The number of nitrogens with one attached hydrogen (secondary N) is 1. The Hall–Kier alpha value is -1.47. The Bertz CT molecular complexity index is 495. The fourth-order valence-corrected chi connectivity index (χ4v) is 1.70. The van der Waals surface area contributed by atoms with Crippen molar-refractivity contribution in [2.45, 2.75) is 25.2 Å². The first-order valence-electron chi connectivity index (χ1n) is 4.89. The van der Waals surface area contributed by atoms with Gasteiger partial charge >= 0.3 is 5.69 Å². The molecule has 0 aliphatic carbocycles. The van der Waals surface area contributed by atoms with Crippen LogP contribution in [0.4, 0.5) is 4.39 Å². The maximum atomic E-state index is 13.0. The molecule has 0 radical (unpaired) electrons. The lowest BCUT2D eigenvalue weighted by Gasteiger charge is -2.14. The van der Waals surface area contributed by atoms with Gasteiger partial charge in [-0.05, 0) is 12.8 Å². The Balaban J connectivity index is 2.32. The number of hydrogen-bond acceptors (Lipinski definition) is 4. The third kappa shape index (κ3) is 1.91. The second-order valence-electron chi connectivity index (χ2n) is 3.62. The first kappa shape index (κ1) is 11.0. The average molecular weight is 230 g/mol. The molecule has 1 aliphatic rings. The van der Waals surface area contributed by atoms with Crippen molar-refractivity contribution in [2.24, 2.45) is 0 Å². The fraction of sp³-hybridized carbons (Fsp3) is 0.556. The largest absolute Gasteiger partial charge is 0.394 e. The van der Waals surface area contributed by atoms with Crippen LogP contribution in [0.1, 0.15) is 19.1 Å². The van der Waals surface area contributed by atoms with Crippen molar-refractivity contribution in [1.82, 2.24) is 9.55 Å². The maximum Gasteiger partial charge on any atom is 0.330 e. The molecule has 2 atom stereocenters. The molecule has 1 aromatic heterocycles. The highest BCUT2D eigenvalue weighted by Gasteiger charge is 2.27. The molecule has 7 heteroatoms. The number of aromatic nitrogens is 2. The van der Waals surface area contributed by atoms with Gasteiger partial charge in [0.15, 0.2) is 0 Å². The number of ether oxygens (including phenoxy) is 1. The summed E-state index contributed by atoms with van der Waals surface area (Å²) in [5.41, 5.74) is -1.76. The highest BCUT2D eigenvalue weighted by Crippen LogP contribution is 2.26. The second kappa shape index (κ2) is 4.18. The van der Waals surface area contributed by atoms with Crippen LogP contribution in [-0.4, -0.2) is 27.4 Å². The lowest BCUT2D eigenvalue weighted by atomic mass is 10.2. The fourth-order valence-electron chi connectivity index (χ4n) is 1.70. The van der Waals surface area contributed by atoms with E-state index < -0.39 is 23.3 Å². The van der Waals surface area contributed by atoms with Crippen LogP contribution in [0.3, 0.4) is 0 Å². The van der Waals surface area contributed by atoms with Crippen molar-refractivity contribution in [2.75, 3.05) is 6.61 Å². The summed E-state index contributed by atoms with van der Waals surface area (Å²) in [7, 11) is 0. The number of aliphatic hydroxyl groups is 1. The molecule has 2 N–H and O–H groups in total. The van der Waals surface area contributed by atoms with Crippen LogP contribution in [0.25, 0.3) is 0 Å². The second-order valence-corrected chi connectivity index (χ2v) is 3.62. The summed E-state index contributed by atoms with van der Waals surface area (Å²) < 4.78 is 19.3. The van der Waals surface area contributed by atoms with Gasteiger partial charge < -0.3 is 9.84 Å². The van der Waals surface area contributed by atoms with E-state index in [2.05, 4.69) is 0 Å². The minimum absolute atomic E-state index is 0.142. The lowest BCUT2D eigenvalue weighted by Crippen LogP contribution is -2.34. The van der Waals surface area contributed by atoms with E-state index in [1.165, 1.54) is 0 Å². The molecular weight excluding hydrogens is 219 g/mol. The Labute approximate surface area is 89.3 Å². The standard InChI is InChI=1S/C9H11FN2O4/c10-6-3-12(9(15)11-8(6)14)7-2-1-5(4-13)16-7/h3,5,7,13H,1-2,4H2,(H,11,14,15)/t5-,7?/m0/s1. The highest BCUT2D eigenvalue weighted by molar-refractivity contribution is 4.89. The van der Waals surface area contributed by atoms with E-state index in [1.54, 1.807) is 0 Å². The molecule has 6 nitrogen and oxygen atoms in total. The van der Waals surface area contributed by atoms with Crippen LogP contribution in [0.5, 0.6) is 0 Å². The van der Waals surface area contributed by atoms with E-state index in [0.717, 1.165) is 10.8 Å². The summed E-state index contributed by atoms with van der Waals surface area (Å²) in [4.78, 5) is 24.0. The summed E-state index contributed by atoms with van der Waals surface area (Å²) in [5.74, 6) is -1.03. The molecule has 0 bridgehead atoms. The van der Waals surface area contributed by atoms with Gasteiger partial charge in [0.1, 0.15) is 6.23 Å². The Morgan fingerprint density at radius 2 is 2.31 bits per heavy atom. The predicted octanol–water partition coefficient (Wildman–Crippen LogP) is -0.654. The summed E-state index contributed by atoms with van der Waals surface area (Å²) in [6.07, 6.45) is 0.944. The Morgan fingerprint density at radius 3 is 2.94 bits per heavy atom. The van der Waals surface area contributed by atoms with Crippen molar-refractivity contribution in [3.05, 3.63) is 32.9 Å². The van der Waals surface area contributed by atoms with Crippen LogP contribution in [0, 0.1) is 5.82 Å². The number of H-pyrrole nitrogens is 1. The molecule has 88 valence electrons. The molecule has 2 heterocycles. The minimum atomic E-state index is -1.04. The van der Waals surface area contributed by atoms with Gasteiger partial charge in [0.05, 0.1) is 18.9 Å². The molecule has 1 aromatic rings. The number of rotatable bonds is 2. The Kier molecular flexibility index (Phi) is 2.88. The van der Waals surface area contributed by atoms with E-state index >= 15 is 0 Å². The molecule has 0 amide bonds. The number of hydrogen-bond donors (Lipinski definition) is 2. The molecule has 1 unspecified atom stereocenters. The van der Waals surface area contributed by atoms with Gasteiger partial charge in [0.2, 0.25) is 5.82 Å². The SMILES string of the molecule is O=c1[nH]c(=O)n(C2CC[C@@H](CO)O2)cc1F. The topological polar surface area (TPSA) is 84.3 Å². The lowest BCUT2D eigenvalue weighted by molar-refractivity contribution is -0.0250. The van der Waals surface area contributed by atoms with E-state index in [0.29, 0.717) is 12.8 Å². The van der Waals surface area contributed by atoms with E-state index in [1.807, 2.05) is 4.98 Å². The molecule has 2 rings (SSSR count). The van der Waals surface area contributed by atoms with E-state index in [9.17, 15) is 14.0 Å². The quantitative estimate of drug-likeness (QED) is 0.706. The van der Waals surface area contributed by atoms with Gasteiger partial charge in [-0.3, -0.25) is 14.3 Å². The van der Waals surface area contributed by atoms with Crippen LogP contribution < -0.4 is 11.2 Å². The van der Waals surface area contributed by atoms with Gasteiger partial charge in [0, 0.05) is 0 Å². The van der Waals surface area contributed by atoms with Gasteiger partial charge in [-0.15, -0.1) is 0 Å². The number of nitrogens with zero attached hydrogens (tertiary/aromatic N) is 1. The molecule has 0 saturated carbocycles. The summed E-state index contributed by atoms with van der Waals surface area (Å²) in [6.45, 7) is -0.142. The van der Waals surface area contributed by atoms with Crippen molar-refractivity contribution < 1.29 is 14.2 Å². The summed E-state index contributed by atoms with van der Waals surface area (Å²) in [6, 6.07) is 0. The third-order valence-electron chi connectivity index (χ3n) is 2.52. The molecular formula is C9H11FN2O4. The first-order chi connectivity index (χ1) is 7.61. The van der Waals surface area contributed by atoms with Crippen LogP contribution in [-0.2, 0) is 4.74 Å². The van der Waals surface area contributed by atoms with Crippen LogP contribution in [0.15, 0.2) is 15.8 Å². The number of aromatic amines is 1. The zero-order valence-electron chi connectivity index (χ0n) is 8.35. The van der Waals surface area contributed by atoms with E-state index in [-0.39, 0.29) is 12.7 Å². The van der Waals surface area contributed by atoms with Crippen molar-refractivity contribution in [3.8, 4) is 0 Å². The van der Waals surface area contributed by atoms with Gasteiger partial charge in [-0.2, -0.15) is 4.39 Å². The molecule has 16 heavy (non-hydrogen) atoms. The van der Waals surface area contributed by atoms with Gasteiger partial charge in [-0.1, -0.05) is 0 Å². The van der Waals surface area contributed by atoms with Gasteiger partial charge in [0.25, 0.3) is 5.56 Å². The highest BCUT2D eigenvalue weighted by atomic mass is 19.1. The molecule has 1 fully saturated rings. The predicted molar refractivity (Wildman–Crippen MR) is 51.5 cm³/mol.